The summed E-state index contributed by atoms with van der Waals surface area (Å²) in [5, 5.41) is 0. The maximum Gasteiger partial charge on any atom is 0.338 e. The molecule has 1 heterocycles. The number of aryl methyl sites for hydroxylation is 1. The Bertz CT molecular complexity index is 1710. The van der Waals surface area contributed by atoms with Crippen LogP contribution in [0.25, 0.3) is 0 Å². The van der Waals surface area contributed by atoms with Crippen molar-refractivity contribution in [3.05, 3.63) is 138 Å². The SMILES string of the molecule is Cc1ccc(S(=O)(=O)OCC2OCC(OC(=O)c3ccccc3)C(OC(=O)c3ccccc3)C2OC(=O)c2ccccc2)cc1. The van der Waals surface area contributed by atoms with Gasteiger partial charge in [-0.25, -0.2) is 14.4 Å². The normalized spacial score (nSPS) is 19.7. The first-order valence-electron chi connectivity index (χ1n) is 14.1. The van der Waals surface area contributed by atoms with E-state index in [1.165, 1.54) is 36.4 Å². The third-order valence-corrected chi connectivity index (χ3v) is 8.30. The standard InChI is InChI=1S/C34H30O10S/c1-23-17-19-27(20-18-23)45(38,39)41-22-28-30(43-33(36)25-13-7-3-8-14-25)31(44-34(37)26-15-9-4-10-16-26)29(21-40-28)42-32(35)24-11-5-2-6-12-24/h2-20,28-31H,21-22H2,1H3. The molecule has 45 heavy (non-hydrogen) atoms. The van der Waals surface area contributed by atoms with E-state index in [0.717, 1.165) is 5.56 Å². The van der Waals surface area contributed by atoms with Gasteiger partial charge in [-0.1, -0.05) is 72.3 Å². The van der Waals surface area contributed by atoms with Gasteiger partial charge in [0.05, 0.1) is 34.8 Å². The number of carbonyl (C=O) groups is 3. The van der Waals surface area contributed by atoms with Gasteiger partial charge in [-0.2, -0.15) is 8.42 Å². The molecule has 0 radical (unpaired) electrons. The molecule has 1 fully saturated rings. The number of ether oxygens (including phenoxy) is 4. The molecule has 1 saturated heterocycles. The summed E-state index contributed by atoms with van der Waals surface area (Å²) >= 11 is 0. The van der Waals surface area contributed by atoms with Crippen molar-refractivity contribution in [3.63, 3.8) is 0 Å². The Morgan fingerprint density at radius 3 is 1.58 bits per heavy atom. The fourth-order valence-corrected chi connectivity index (χ4v) is 5.52. The zero-order valence-electron chi connectivity index (χ0n) is 24.2. The van der Waals surface area contributed by atoms with E-state index in [0.29, 0.717) is 0 Å². The van der Waals surface area contributed by atoms with E-state index in [1.807, 2.05) is 6.92 Å². The molecule has 0 aromatic heterocycles. The van der Waals surface area contributed by atoms with E-state index >= 15 is 0 Å². The Hall–Kier alpha value is -4.84. The number of carbonyl (C=O) groups excluding carboxylic acids is 3. The summed E-state index contributed by atoms with van der Waals surface area (Å²) in [5.74, 6) is -2.31. The highest BCUT2D eigenvalue weighted by atomic mass is 32.2. The topological polar surface area (TPSA) is 132 Å². The van der Waals surface area contributed by atoms with Crippen molar-refractivity contribution in [1.82, 2.24) is 0 Å². The minimum atomic E-state index is -4.25. The summed E-state index contributed by atoms with van der Waals surface area (Å²) in [6, 6.07) is 30.4. The molecule has 5 rings (SSSR count). The van der Waals surface area contributed by atoms with Gasteiger partial charge in [0.1, 0.15) is 6.10 Å². The van der Waals surface area contributed by atoms with E-state index in [1.54, 1.807) is 78.9 Å². The smallest absolute Gasteiger partial charge is 0.338 e. The second kappa shape index (κ2) is 14.3. The van der Waals surface area contributed by atoms with Crippen LogP contribution in [0.3, 0.4) is 0 Å². The molecular formula is C34H30O10S. The molecule has 4 aromatic rings. The highest BCUT2D eigenvalue weighted by Crippen LogP contribution is 2.28. The molecule has 4 atom stereocenters. The van der Waals surface area contributed by atoms with Crippen molar-refractivity contribution in [2.75, 3.05) is 13.2 Å². The molecule has 1 aliphatic rings. The Morgan fingerprint density at radius 1 is 0.644 bits per heavy atom. The summed E-state index contributed by atoms with van der Waals surface area (Å²) in [6.45, 7) is 0.904. The van der Waals surface area contributed by atoms with E-state index in [-0.39, 0.29) is 28.2 Å². The van der Waals surface area contributed by atoms with Crippen LogP contribution in [0, 0.1) is 6.92 Å². The lowest BCUT2D eigenvalue weighted by atomic mass is 9.99. The molecule has 0 spiro atoms. The first kappa shape index (κ1) is 31.6. The number of benzene rings is 4. The van der Waals surface area contributed by atoms with Crippen molar-refractivity contribution in [2.24, 2.45) is 0 Å². The van der Waals surface area contributed by atoms with Crippen LogP contribution in [0.1, 0.15) is 36.6 Å². The molecule has 0 amide bonds. The molecular weight excluding hydrogens is 600 g/mol. The fraction of sp³-hybridized carbons (Fsp3) is 0.206. The minimum Gasteiger partial charge on any atom is -0.452 e. The first-order chi connectivity index (χ1) is 21.7. The molecule has 0 bridgehead atoms. The van der Waals surface area contributed by atoms with E-state index in [9.17, 15) is 22.8 Å². The third-order valence-electron chi connectivity index (χ3n) is 7.00. The minimum absolute atomic E-state index is 0.0801. The summed E-state index contributed by atoms with van der Waals surface area (Å²) in [6.07, 6.45) is -5.31. The van der Waals surface area contributed by atoms with Crippen LogP contribution in [-0.2, 0) is 33.2 Å². The van der Waals surface area contributed by atoms with Gasteiger partial charge in [-0.05, 0) is 55.5 Å². The lowest BCUT2D eigenvalue weighted by Gasteiger charge is -2.40. The largest absolute Gasteiger partial charge is 0.452 e. The first-order valence-corrected chi connectivity index (χ1v) is 15.5. The van der Waals surface area contributed by atoms with Crippen LogP contribution in [0.2, 0.25) is 0 Å². The fourth-order valence-electron chi connectivity index (χ4n) is 4.60. The summed E-state index contributed by atoms with van der Waals surface area (Å²) < 4.78 is 54.7. The van der Waals surface area contributed by atoms with Gasteiger partial charge in [0, 0.05) is 0 Å². The lowest BCUT2D eigenvalue weighted by molar-refractivity contribution is -0.195. The molecule has 0 saturated carbocycles. The quantitative estimate of drug-likeness (QED) is 0.137. The van der Waals surface area contributed by atoms with Gasteiger partial charge >= 0.3 is 17.9 Å². The zero-order chi connectivity index (χ0) is 31.8. The van der Waals surface area contributed by atoms with Crippen molar-refractivity contribution in [2.45, 2.75) is 36.2 Å². The number of rotatable bonds is 10. The van der Waals surface area contributed by atoms with Crippen LogP contribution in [-0.4, -0.2) is 64.0 Å². The van der Waals surface area contributed by atoms with E-state index in [2.05, 4.69) is 0 Å². The Labute approximate surface area is 260 Å². The van der Waals surface area contributed by atoms with Crippen LogP contribution in [0.5, 0.6) is 0 Å². The van der Waals surface area contributed by atoms with Crippen molar-refractivity contribution < 1.29 is 45.9 Å². The van der Waals surface area contributed by atoms with E-state index < -0.39 is 59.0 Å². The molecule has 0 N–H and O–H groups in total. The second-order valence-corrected chi connectivity index (χ2v) is 11.8. The Kier molecular flexibility index (Phi) is 10.0. The van der Waals surface area contributed by atoms with Crippen LogP contribution >= 0.6 is 0 Å². The summed E-state index contributed by atoms with van der Waals surface area (Å²) in [7, 11) is -4.25. The molecule has 11 heteroatoms. The maximum atomic E-state index is 13.3. The average molecular weight is 631 g/mol. The lowest BCUT2D eigenvalue weighted by Crippen LogP contribution is -2.59. The third kappa shape index (κ3) is 8.01. The van der Waals surface area contributed by atoms with Gasteiger partial charge in [0.15, 0.2) is 18.3 Å². The predicted molar refractivity (Wildman–Crippen MR) is 161 cm³/mol. The summed E-state index contributed by atoms with van der Waals surface area (Å²) in [5.41, 5.74) is 1.47. The number of esters is 3. The summed E-state index contributed by atoms with van der Waals surface area (Å²) in [4.78, 5) is 39.5. The number of hydrogen-bond donors (Lipinski definition) is 0. The highest BCUT2D eigenvalue weighted by Gasteiger charge is 2.48. The van der Waals surface area contributed by atoms with Gasteiger partial charge in [0.25, 0.3) is 10.1 Å². The predicted octanol–water partition coefficient (Wildman–Crippen LogP) is 4.78. The average Bonchev–Trinajstić information content (AvgIpc) is 3.07. The molecule has 1 aliphatic heterocycles. The van der Waals surface area contributed by atoms with Gasteiger partial charge < -0.3 is 18.9 Å². The Balaban J connectivity index is 1.46. The van der Waals surface area contributed by atoms with Crippen molar-refractivity contribution >= 4 is 28.0 Å². The number of hydrogen-bond acceptors (Lipinski definition) is 10. The van der Waals surface area contributed by atoms with Crippen molar-refractivity contribution in [1.29, 1.82) is 0 Å². The monoisotopic (exact) mass is 630 g/mol. The van der Waals surface area contributed by atoms with Gasteiger partial charge in [-0.15, -0.1) is 0 Å². The van der Waals surface area contributed by atoms with Crippen LogP contribution in [0.4, 0.5) is 0 Å². The van der Waals surface area contributed by atoms with Crippen molar-refractivity contribution in [3.8, 4) is 0 Å². The molecule has 0 aliphatic carbocycles. The van der Waals surface area contributed by atoms with Crippen LogP contribution in [0.15, 0.2) is 120 Å². The maximum absolute atomic E-state index is 13.3. The molecule has 232 valence electrons. The van der Waals surface area contributed by atoms with Crippen LogP contribution < -0.4 is 0 Å². The molecule has 10 nitrogen and oxygen atoms in total. The van der Waals surface area contributed by atoms with Gasteiger partial charge in [-0.3, -0.25) is 4.18 Å². The Morgan fingerprint density at radius 2 is 1.09 bits per heavy atom. The van der Waals surface area contributed by atoms with E-state index in [4.69, 9.17) is 23.1 Å². The zero-order valence-corrected chi connectivity index (χ0v) is 25.0. The van der Waals surface area contributed by atoms with Gasteiger partial charge in [0.2, 0.25) is 0 Å². The molecule has 4 unspecified atom stereocenters. The molecule has 4 aromatic carbocycles. The second-order valence-electron chi connectivity index (χ2n) is 10.2. The highest BCUT2D eigenvalue weighted by molar-refractivity contribution is 7.86.